The van der Waals surface area contributed by atoms with E-state index in [1.54, 1.807) is 0 Å². The van der Waals surface area contributed by atoms with E-state index in [2.05, 4.69) is 36.3 Å². The molecule has 1 aliphatic rings. The summed E-state index contributed by atoms with van der Waals surface area (Å²) in [6.45, 7) is 10.1. The third-order valence-electron chi connectivity index (χ3n) is 3.48. The molecule has 0 spiro atoms. The summed E-state index contributed by atoms with van der Waals surface area (Å²) >= 11 is 0. The maximum atomic E-state index is 11.8. The van der Waals surface area contributed by atoms with E-state index in [9.17, 15) is 4.79 Å². The second-order valence-corrected chi connectivity index (χ2v) is 5.92. The number of carbonyl (C=O) groups excluding carboxylic acids is 1. The lowest BCUT2D eigenvalue weighted by molar-refractivity contribution is -0.122. The summed E-state index contributed by atoms with van der Waals surface area (Å²) in [5.74, 6) is 0.603. The van der Waals surface area contributed by atoms with Gasteiger partial charge < -0.3 is 15.4 Å². The predicted octanol–water partition coefficient (Wildman–Crippen LogP) is 0.457. The summed E-state index contributed by atoms with van der Waals surface area (Å²) in [5.41, 5.74) is 0. The molecule has 1 saturated heterocycles. The van der Waals surface area contributed by atoms with Gasteiger partial charge in [0.05, 0.1) is 19.8 Å². The van der Waals surface area contributed by atoms with Crippen LogP contribution in [0.3, 0.4) is 0 Å². The minimum atomic E-state index is 0.107. The number of likely N-dealkylation sites (N-methyl/N-ethyl adjacent to an activating group) is 1. The van der Waals surface area contributed by atoms with E-state index < -0.39 is 0 Å². The first kappa shape index (κ1) is 16.4. The van der Waals surface area contributed by atoms with Gasteiger partial charge in [-0.1, -0.05) is 13.8 Å². The van der Waals surface area contributed by atoms with Crippen molar-refractivity contribution in [2.45, 2.75) is 39.3 Å². The fraction of sp³-hybridized carbons (Fsp3) is 0.929. The second kappa shape index (κ2) is 8.51. The Morgan fingerprint density at radius 3 is 2.79 bits per heavy atom. The van der Waals surface area contributed by atoms with Crippen LogP contribution < -0.4 is 10.6 Å². The number of hydrogen-bond acceptors (Lipinski definition) is 4. The molecule has 1 rings (SSSR count). The SMILES string of the molecule is CC(C)CNC(=O)CN(C)C(C)CC1COCCN1. The molecule has 5 heteroatoms. The smallest absolute Gasteiger partial charge is 0.234 e. The van der Waals surface area contributed by atoms with Crippen LogP contribution in [-0.2, 0) is 9.53 Å². The Balaban J connectivity index is 2.23. The van der Waals surface area contributed by atoms with Gasteiger partial charge >= 0.3 is 0 Å². The van der Waals surface area contributed by atoms with Crippen LogP contribution in [0.5, 0.6) is 0 Å². The van der Waals surface area contributed by atoms with E-state index in [1.165, 1.54) is 0 Å². The molecule has 112 valence electrons. The van der Waals surface area contributed by atoms with Crippen molar-refractivity contribution in [3.8, 4) is 0 Å². The Morgan fingerprint density at radius 2 is 2.21 bits per heavy atom. The molecule has 19 heavy (non-hydrogen) atoms. The number of carbonyl (C=O) groups is 1. The second-order valence-electron chi connectivity index (χ2n) is 5.92. The Labute approximate surface area is 117 Å². The van der Waals surface area contributed by atoms with E-state index in [-0.39, 0.29) is 5.91 Å². The molecule has 0 bridgehead atoms. The summed E-state index contributed by atoms with van der Waals surface area (Å²) in [7, 11) is 2.00. The van der Waals surface area contributed by atoms with Crippen LogP contribution in [0.2, 0.25) is 0 Å². The van der Waals surface area contributed by atoms with Gasteiger partial charge in [-0.15, -0.1) is 0 Å². The molecule has 5 nitrogen and oxygen atoms in total. The van der Waals surface area contributed by atoms with Crippen LogP contribution in [0, 0.1) is 5.92 Å². The van der Waals surface area contributed by atoms with Crippen LogP contribution in [-0.4, -0.2) is 62.8 Å². The van der Waals surface area contributed by atoms with Gasteiger partial charge in [0.1, 0.15) is 0 Å². The molecule has 2 unspecified atom stereocenters. The van der Waals surface area contributed by atoms with E-state index in [4.69, 9.17) is 4.74 Å². The van der Waals surface area contributed by atoms with Crippen molar-refractivity contribution in [1.82, 2.24) is 15.5 Å². The van der Waals surface area contributed by atoms with Gasteiger partial charge in [-0.3, -0.25) is 9.69 Å². The third-order valence-corrected chi connectivity index (χ3v) is 3.48. The lowest BCUT2D eigenvalue weighted by Crippen LogP contribution is -2.47. The average Bonchev–Trinajstić information content (AvgIpc) is 2.37. The zero-order valence-corrected chi connectivity index (χ0v) is 12.7. The summed E-state index contributed by atoms with van der Waals surface area (Å²) < 4.78 is 5.45. The number of hydrogen-bond donors (Lipinski definition) is 2. The highest BCUT2D eigenvalue weighted by Crippen LogP contribution is 2.07. The normalized spacial score (nSPS) is 21.7. The molecule has 1 aliphatic heterocycles. The van der Waals surface area contributed by atoms with Crippen molar-refractivity contribution in [3.63, 3.8) is 0 Å². The topological polar surface area (TPSA) is 53.6 Å². The van der Waals surface area contributed by atoms with E-state index in [0.717, 1.165) is 32.7 Å². The van der Waals surface area contributed by atoms with Gasteiger partial charge in [0.25, 0.3) is 0 Å². The zero-order valence-electron chi connectivity index (χ0n) is 12.7. The Morgan fingerprint density at radius 1 is 1.47 bits per heavy atom. The first-order chi connectivity index (χ1) is 8.99. The van der Waals surface area contributed by atoms with Crippen molar-refractivity contribution in [2.24, 2.45) is 5.92 Å². The molecular weight excluding hydrogens is 242 g/mol. The van der Waals surface area contributed by atoms with Gasteiger partial charge in [0, 0.05) is 25.2 Å². The minimum Gasteiger partial charge on any atom is -0.379 e. The molecule has 2 atom stereocenters. The molecule has 2 N–H and O–H groups in total. The van der Waals surface area contributed by atoms with Crippen LogP contribution in [0.1, 0.15) is 27.2 Å². The molecular formula is C14H29N3O2. The molecule has 0 aromatic carbocycles. The average molecular weight is 271 g/mol. The lowest BCUT2D eigenvalue weighted by Gasteiger charge is -2.30. The molecule has 0 aliphatic carbocycles. The largest absolute Gasteiger partial charge is 0.379 e. The predicted molar refractivity (Wildman–Crippen MR) is 77.2 cm³/mol. The van der Waals surface area contributed by atoms with Gasteiger partial charge in [-0.2, -0.15) is 0 Å². The fourth-order valence-electron chi connectivity index (χ4n) is 2.12. The number of morpholine rings is 1. The molecule has 0 saturated carbocycles. The highest BCUT2D eigenvalue weighted by Gasteiger charge is 2.20. The first-order valence-corrected chi connectivity index (χ1v) is 7.27. The van der Waals surface area contributed by atoms with Crippen molar-refractivity contribution in [1.29, 1.82) is 0 Å². The molecule has 1 fully saturated rings. The Bertz CT molecular complexity index is 265. The number of amides is 1. The monoisotopic (exact) mass is 271 g/mol. The standard InChI is InChI=1S/C14H29N3O2/c1-11(2)8-16-14(18)9-17(4)12(3)7-13-10-19-6-5-15-13/h11-13,15H,5-10H2,1-4H3,(H,16,18). The fourth-order valence-corrected chi connectivity index (χ4v) is 2.12. The van der Waals surface area contributed by atoms with Crippen molar-refractivity contribution >= 4 is 5.91 Å². The van der Waals surface area contributed by atoms with Crippen molar-refractivity contribution < 1.29 is 9.53 Å². The summed E-state index contributed by atoms with van der Waals surface area (Å²) in [6.07, 6.45) is 1.01. The number of nitrogens with one attached hydrogen (secondary N) is 2. The first-order valence-electron chi connectivity index (χ1n) is 7.27. The van der Waals surface area contributed by atoms with Gasteiger partial charge in [-0.25, -0.2) is 0 Å². The van der Waals surface area contributed by atoms with Crippen LogP contribution in [0.4, 0.5) is 0 Å². The maximum absolute atomic E-state index is 11.8. The zero-order chi connectivity index (χ0) is 14.3. The third kappa shape index (κ3) is 6.89. The summed E-state index contributed by atoms with van der Waals surface area (Å²) in [5, 5.41) is 6.40. The molecule has 0 aromatic heterocycles. The molecule has 1 heterocycles. The van der Waals surface area contributed by atoms with Crippen LogP contribution in [0.15, 0.2) is 0 Å². The quantitative estimate of drug-likeness (QED) is 0.706. The molecule has 0 aromatic rings. The van der Waals surface area contributed by atoms with Crippen molar-refractivity contribution in [2.75, 3.05) is 39.9 Å². The van der Waals surface area contributed by atoms with Gasteiger partial charge in [0.2, 0.25) is 5.91 Å². The molecule has 0 radical (unpaired) electrons. The Hall–Kier alpha value is -0.650. The number of rotatable bonds is 7. The summed E-state index contributed by atoms with van der Waals surface area (Å²) in [4.78, 5) is 13.9. The minimum absolute atomic E-state index is 0.107. The van der Waals surface area contributed by atoms with Crippen molar-refractivity contribution in [3.05, 3.63) is 0 Å². The van der Waals surface area contributed by atoms with E-state index in [0.29, 0.717) is 24.5 Å². The number of ether oxygens (including phenoxy) is 1. The van der Waals surface area contributed by atoms with Gasteiger partial charge in [0.15, 0.2) is 0 Å². The summed E-state index contributed by atoms with van der Waals surface area (Å²) in [6, 6.07) is 0.772. The van der Waals surface area contributed by atoms with Crippen LogP contribution >= 0.6 is 0 Å². The molecule has 1 amide bonds. The van der Waals surface area contributed by atoms with Gasteiger partial charge in [-0.05, 0) is 26.3 Å². The van der Waals surface area contributed by atoms with Crippen LogP contribution in [0.25, 0.3) is 0 Å². The Kier molecular flexibility index (Phi) is 7.34. The van der Waals surface area contributed by atoms with E-state index in [1.807, 2.05) is 7.05 Å². The number of nitrogens with zero attached hydrogens (tertiary/aromatic N) is 1. The highest BCUT2D eigenvalue weighted by atomic mass is 16.5. The highest BCUT2D eigenvalue weighted by molar-refractivity contribution is 5.77. The maximum Gasteiger partial charge on any atom is 0.234 e. The van der Waals surface area contributed by atoms with E-state index >= 15 is 0 Å². The lowest BCUT2D eigenvalue weighted by atomic mass is 10.1.